The molecule has 0 heterocycles. The number of aliphatic hydroxyl groups excluding tert-OH is 1. The molecular weight excluding hydrogens is 441 g/mol. The van der Waals surface area contributed by atoms with Crippen molar-refractivity contribution in [3.63, 3.8) is 0 Å². The molecule has 2 aromatic carbocycles. The van der Waals surface area contributed by atoms with Crippen molar-refractivity contribution >= 4 is 27.5 Å². The van der Waals surface area contributed by atoms with Gasteiger partial charge in [0, 0.05) is 23.1 Å². The summed E-state index contributed by atoms with van der Waals surface area (Å²) in [7, 11) is 1.55. The molecule has 0 radical (unpaired) electrons. The number of aliphatic hydroxyl groups is 1. The van der Waals surface area contributed by atoms with Crippen molar-refractivity contribution < 1.29 is 23.7 Å². The molecule has 27 heavy (non-hydrogen) atoms. The predicted molar refractivity (Wildman–Crippen MR) is 106 cm³/mol. The number of nitrogens with one attached hydrogen (secondary N) is 1. The molecule has 148 valence electrons. The molecule has 0 aliphatic heterocycles. The van der Waals surface area contributed by atoms with Gasteiger partial charge in [0.15, 0.2) is 11.5 Å². The summed E-state index contributed by atoms with van der Waals surface area (Å²) in [6.07, 6.45) is 0. The molecule has 0 atom stereocenters. The first-order valence-corrected chi connectivity index (χ1v) is 9.55. The Morgan fingerprint density at radius 2 is 2.04 bits per heavy atom. The van der Waals surface area contributed by atoms with Crippen LogP contribution in [0.1, 0.15) is 11.1 Å². The Hall–Kier alpha value is -1.38. The quantitative estimate of drug-likeness (QED) is 0.496. The van der Waals surface area contributed by atoms with Crippen LogP contribution < -0.4 is 14.8 Å². The third-order valence-corrected chi connectivity index (χ3v) is 4.83. The number of hydrogen-bond acceptors (Lipinski definition) is 5. The zero-order chi connectivity index (χ0) is 19.6. The highest BCUT2D eigenvalue weighted by Crippen LogP contribution is 2.34. The lowest BCUT2D eigenvalue weighted by atomic mass is 10.2. The molecule has 0 spiro atoms. The highest BCUT2D eigenvalue weighted by molar-refractivity contribution is 9.10. The first kappa shape index (κ1) is 21.9. The maximum Gasteiger partial charge on any atom is 0.162 e. The number of benzene rings is 2. The number of hydrogen-bond donors (Lipinski definition) is 2. The minimum Gasteiger partial charge on any atom is -0.493 e. The van der Waals surface area contributed by atoms with Crippen molar-refractivity contribution in [2.45, 2.75) is 13.2 Å². The summed E-state index contributed by atoms with van der Waals surface area (Å²) >= 11 is 9.56. The van der Waals surface area contributed by atoms with Gasteiger partial charge in [0.05, 0.1) is 32.0 Å². The highest BCUT2D eigenvalue weighted by atomic mass is 79.9. The summed E-state index contributed by atoms with van der Waals surface area (Å²) in [6.45, 7) is 2.10. The molecule has 5 nitrogen and oxygen atoms in total. The SMILES string of the molecule is COc1cc(CNCCOCCO)c(Br)cc1OCc1c(F)cccc1Cl. The summed E-state index contributed by atoms with van der Waals surface area (Å²) in [5, 5.41) is 12.2. The van der Waals surface area contributed by atoms with Crippen LogP contribution in [0.15, 0.2) is 34.8 Å². The third kappa shape index (κ3) is 6.62. The molecule has 0 saturated carbocycles. The van der Waals surface area contributed by atoms with Gasteiger partial charge >= 0.3 is 0 Å². The van der Waals surface area contributed by atoms with Crippen LogP contribution in [0.5, 0.6) is 11.5 Å². The van der Waals surface area contributed by atoms with Crippen LogP contribution in [-0.4, -0.2) is 38.6 Å². The van der Waals surface area contributed by atoms with E-state index in [4.69, 9.17) is 30.9 Å². The third-order valence-electron chi connectivity index (χ3n) is 3.74. The van der Waals surface area contributed by atoms with Crippen molar-refractivity contribution in [3.05, 3.63) is 56.8 Å². The molecule has 2 aromatic rings. The Balaban J connectivity index is 2.00. The van der Waals surface area contributed by atoms with E-state index in [1.165, 1.54) is 6.07 Å². The van der Waals surface area contributed by atoms with Crippen LogP contribution in [0.3, 0.4) is 0 Å². The van der Waals surface area contributed by atoms with Gasteiger partial charge in [0.25, 0.3) is 0 Å². The van der Waals surface area contributed by atoms with E-state index in [1.54, 1.807) is 25.3 Å². The fraction of sp³-hybridized carbons (Fsp3) is 0.368. The van der Waals surface area contributed by atoms with E-state index in [2.05, 4.69) is 21.2 Å². The average molecular weight is 463 g/mol. The normalized spacial score (nSPS) is 10.9. The monoisotopic (exact) mass is 461 g/mol. The first-order chi connectivity index (χ1) is 13.1. The van der Waals surface area contributed by atoms with Gasteiger partial charge in [-0.1, -0.05) is 33.6 Å². The van der Waals surface area contributed by atoms with Gasteiger partial charge in [-0.05, 0) is 29.8 Å². The lowest BCUT2D eigenvalue weighted by molar-refractivity contribution is 0.0938. The van der Waals surface area contributed by atoms with Crippen LogP contribution in [0.4, 0.5) is 4.39 Å². The fourth-order valence-electron chi connectivity index (χ4n) is 2.34. The first-order valence-electron chi connectivity index (χ1n) is 8.38. The van der Waals surface area contributed by atoms with Crippen LogP contribution in [0, 0.1) is 5.82 Å². The molecule has 8 heteroatoms. The van der Waals surface area contributed by atoms with E-state index in [-0.39, 0.29) is 13.2 Å². The fourth-order valence-corrected chi connectivity index (χ4v) is 3.02. The Bertz CT molecular complexity index is 728. The summed E-state index contributed by atoms with van der Waals surface area (Å²) in [5.74, 6) is 0.613. The number of rotatable bonds is 11. The largest absolute Gasteiger partial charge is 0.493 e. The molecule has 0 aliphatic rings. The Labute approximate surface area is 171 Å². The van der Waals surface area contributed by atoms with Gasteiger partial charge in [-0.25, -0.2) is 4.39 Å². The molecule has 2 N–H and O–H groups in total. The zero-order valence-electron chi connectivity index (χ0n) is 14.9. The molecule has 2 rings (SSSR count). The maximum atomic E-state index is 13.9. The Morgan fingerprint density at radius 3 is 2.74 bits per heavy atom. The van der Waals surface area contributed by atoms with Crippen molar-refractivity contribution in [2.75, 3.05) is 33.5 Å². The van der Waals surface area contributed by atoms with Crippen molar-refractivity contribution in [1.29, 1.82) is 0 Å². The van der Waals surface area contributed by atoms with Gasteiger partial charge in [-0.15, -0.1) is 0 Å². The van der Waals surface area contributed by atoms with Gasteiger partial charge in [-0.2, -0.15) is 0 Å². The molecule has 0 amide bonds. The molecule has 0 unspecified atom stereocenters. The van der Waals surface area contributed by atoms with E-state index < -0.39 is 5.82 Å². The number of ether oxygens (including phenoxy) is 3. The van der Waals surface area contributed by atoms with Gasteiger partial charge in [0.1, 0.15) is 12.4 Å². The molecule has 0 fully saturated rings. The van der Waals surface area contributed by atoms with Crippen LogP contribution in [0.25, 0.3) is 0 Å². The van der Waals surface area contributed by atoms with E-state index in [0.717, 1.165) is 10.0 Å². The number of methoxy groups -OCH3 is 1. The Morgan fingerprint density at radius 1 is 1.22 bits per heavy atom. The standard InChI is InChI=1S/C19H22BrClFNO4/c1-25-18-9-13(11-23-5-7-26-8-6-24)15(20)10-19(18)27-12-14-16(21)3-2-4-17(14)22/h2-4,9-10,23-24H,5-8,11-12H2,1H3. The smallest absolute Gasteiger partial charge is 0.162 e. The zero-order valence-corrected chi connectivity index (χ0v) is 17.3. The minimum absolute atomic E-state index is 0.00585. The summed E-state index contributed by atoms with van der Waals surface area (Å²) in [4.78, 5) is 0. The van der Waals surface area contributed by atoms with Crippen molar-refractivity contribution in [1.82, 2.24) is 5.32 Å². The summed E-state index contributed by atoms with van der Waals surface area (Å²) in [6, 6.07) is 8.15. The average Bonchev–Trinajstić information content (AvgIpc) is 2.65. The van der Waals surface area contributed by atoms with E-state index >= 15 is 0 Å². The summed E-state index contributed by atoms with van der Waals surface area (Å²) in [5.41, 5.74) is 1.27. The molecule has 0 aromatic heterocycles. The molecule has 0 aliphatic carbocycles. The second-order valence-electron chi connectivity index (χ2n) is 5.60. The molecule has 0 saturated heterocycles. The van der Waals surface area contributed by atoms with Crippen molar-refractivity contribution in [2.24, 2.45) is 0 Å². The van der Waals surface area contributed by atoms with E-state index in [0.29, 0.717) is 48.4 Å². The second kappa shape index (κ2) is 11.5. The van der Waals surface area contributed by atoms with Crippen molar-refractivity contribution in [3.8, 4) is 11.5 Å². The second-order valence-corrected chi connectivity index (χ2v) is 6.86. The van der Waals surface area contributed by atoms with Crippen LogP contribution in [-0.2, 0) is 17.9 Å². The number of halogens is 3. The Kier molecular flexibility index (Phi) is 9.30. The van der Waals surface area contributed by atoms with E-state index in [9.17, 15) is 4.39 Å². The highest BCUT2D eigenvalue weighted by Gasteiger charge is 2.13. The molecule has 0 bridgehead atoms. The van der Waals surface area contributed by atoms with Crippen LogP contribution >= 0.6 is 27.5 Å². The lowest BCUT2D eigenvalue weighted by Crippen LogP contribution is -2.20. The lowest BCUT2D eigenvalue weighted by Gasteiger charge is -2.15. The summed E-state index contributed by atoms with van der Waals surface area (Å²) < 4.78 is 31.1. The topological polar surface area (TPSA) is 60.0 Å². The molecular formula is C19H22BrClFNO4. The van der Waals surface area contributed by atoms with Gasteiger partial charge in [0.2, 0.25) is 0 Å². The van der Waals surface area contributed by atoms with E-state index in [1.807, 2.05) is 6.07 Å². The van der Waals surface area contributed by atoms with Crippen LogP contribution in [0.2, 0.25) is 5.02 Å². The minimum atomic E-state index is -0.412. The van der Waals surface area contributed by atoms with Gasteiger partial charge < -0.3 is 24.6 Å². The van der Waals surface area contributed by atoms with Gasteiger partial charge in [-0.3, -0.25) is 0 Å². The maximum absolute atomic E-state index is 13.9. The predicted octanol–water partition coefficient (Wildman–Crippen LogP) is 3.93.